The molecule has 0 spiro atoms. The molecule has 3 N–H and O–H groups in total. The molecule has 0 aromatic heterocycles. The van der Waals surface area contributed by atoms with E-state index >= 15 is 0 Å². The highest BCUT2D eigenvalue weighted by molar-refractivity contribution is 5.66. The quantitative estimate of drug-likeness (QED) is 0.460. The van der Waals surface area contributed by atoms with Crippen LogP contribution in [0.25, 0.3) is 0 Å². The summed E-state index contributed by atoms with van der Waals surface area (Å²) in [5, 5.41) is 20.8. The first-order valence-electron chi connectivity index (χ1n) is 6.74. The fourth-order valence-corrected chi connectivity index (χ4v) is 1.95. The van der Waals surface area contributed by atoms with Crippen LogP contribution in [0.2, 0.25) is 0 Å². The van der Waals surface area contributed by atoms with Crippen molar-refractivity contribution in [1.29, 1.82) is 0 Å². The van der Waals surface area contributed by atoms with Crippen molar-refractivity contribution >= 4 is 5.97 Å². The summed E-state index contributed by atoms with van der Waals surface area (Å²) in [6.45, 7) is 4.35. The molecule has 0 amide bonds. The van der Waals surface area contributed by atoms with Crippen molar-refractivity contribution in [3.05, 3.63) is 0 Å². The zero-order valence-electron chi connectivity index (χ0n) is 11.0. The Bertz CT molecular complexity index is 180. The van der Waals surface area contributed by atoms with Crippen LogP contribution in [0.1, 0.15) is 51.9 Å². The van der Waals surface area contributed by atoms with Gasteiger partial charge in [0.15, 0.2) is 0 Å². The number of nitrogens with one attached hydrogen (secondary N) is 1. The lowest BCUT2D eigenvalue weighted by Gasteiger charge is -2.15. The van der Waals surface area contributed by atoms with E-state index in [9.17, 15) is 4.79 Å². The second-order valence-corrected chi connectivity index (χ2v) is 4.58. The van der Waals surface area contributed by atoms with E-state index in [1.54, 1.807) is 0 Å². The third kappa shape index (κ3) is 11.6. The molecule has 0 aliphatic rings. The van der Waals surface area contributed by atoms with Gasteiger partial charge in [0.2, 0.25) is 0 Å². The van der Waals surface area contributed by atoms with E-state index in [2.05, 4.69) is 12.2 Å². The number of unbranched alkanes of at least 4 members (excludes halogenated alkanes) is 2. The van der Waals surface area contributed by atoms with Crippen molar-refractivity contribution in [2.45, 2.75) is 51.9 Å². The van der Waals surface area contributed by atoms with Crippen LogP contribution in [0.5, 0.6) is 0 Å². The highest BCUT2D eigenvalue weighted by Gasteiger charge is 2.05. The van der Waals surface area contributed by atoms with Crippen molar-refractivity contribution < 1.29 is 15.0 Å². The van der Waals surface area contributed by atoms with E-state index < -0.39 is 5.97 Å². The van der Waals surface area contributed by atoms with Gasteiger partial charge in [-0.1, -0.05) is 19.8 Å². The number of hydrogen-bond acceptors (Lipinski definition) is 3. The predicted octanol–water partition coefficient (Wildman–Crippen LogP) is 2.02. The fraction of sp³-hybridized carbons (Fsp3) is 0.923. The predicted molar refractivity (Wildman–Crippen MR) is 69.1 cm³/mol. The fourth-order valence-electron chi connectivity index (χ4n) is 1.95. The largest absolute Gasteiger partial charge is 0.481 e. The van der Waals surface area contributed by atoms with Crippen LogP contribution in [0.3, 0.4) is 0 Å². The molecule has 0 saturated heterocycles. The van der Waals surface area contributed by atoms with Gasteiger partial charge in [-0.3, -0.25) is 4.79 Å². The summed E-state index contributed by atoms with van der Waals surface area (Å²) in [6.07, 6.45) is 6.25. The number of hydrogen-bond donors (Lipinski definition) is 3. The number of carboxylic acid groups (broad SMARTS) is 1. The van der Waals surface area contributed by atoms with Crippen LogP contribution < -0.4 is 5.32 Å². The van der Waals surface area contributed by atoms with Crippen LogP contribution in [0, 0.1) is 5.92 Å². The van der Waals surface area contributed by atoms with Crippen molar-refractivity contribution in [3.63, 3.8) is 0 Å². The molecule has 1 unspecified atom stereocenters. The first kappa shape index (κ1) is 16.4. The summed E-state index contributed by atoms with van der Waals surface area (Å²) in [6, 6.07) is 0. The van der Waals surface area contributed by atoms with Crippen molar-refractivity contribution in [2.75, 3.05) is 19.7 Å². The topological polar surface area (TPSA) is 69.6 Å². The minimum atomic E-state index is -0.705. The van der Waals surface area contributed by atoms with Crippen LogP contribution in [0.4, 0.5) is 0 Å². The lowest BCUT2D eigenvalue weighted by molar-refractivity contribution is -0.137. The molecule has 0 heterocycles. The highest BCUT2D eigenvalue weighted by Crippen LogP contribution is 2.09. The Kier molecular flexibility index (Phi) is 11.4. The number of aliphatic hydroxyl groups excluding tert-OH is 1. The van der Waals surface area contributed by atoms with E-state index in [1.165, 1.54) is 0 Å². The lowest BCUT2D eigenvalue weighted by atomic mass is 10.0. The van der Waals surface area contributed by atoms with Gasteiger partial charge >= 0.3 is 5.97 Å². The van der Waals surface area contributed by atoms with Crippen LogP contribution in [-0.2, 0) is 4.79 Å². The molecule has 17 heavy (non-hydrogen) atoms. The van der Waals surface area contributed by atoms with E-state index in [0.717, 1.165) is 51.6 Å². The summed E-state index contributed by atoms with van der Waals surface area (Å²) in [7, 11) is 0. The molecule has 0 aliphatic heterocycles. The van der Waals surface area contributed by atoms with Gasteiger partial charge < -0.3 is 15.5 Å². The number of carboxylic acids is 1. The Morgan fingerprint density at radius 2 is 2.00 bits per heavy atom. The third-order valence-corrected chi connectivity index (χ3v) is 2.91. The van der Waals surface area contributed by atoms with Gasteiger partial charge in [0.1, 0.15) is 0 Å². The lowest BCUT2D eigenvalue weighted by Crippen LogP contribution is -2.24. The van der Waals surface area contributed by atoms with Gasteiger partial charge in [0, 0.05) is 13.0 Å². The monoisotopic (exact) mass is 245 g/mol. The zero-order valence-corrected chi connectivity index (χ0v) is 11.0. The molecule has 102 valence electrons. The van der Waals surface area contributed by atoms with Gasteiger partial charge in [-0.2, -0.15) is 0 Å². The number of aliphatic carboxylic acids is 1. The maximum atomic E-state index is 10.3. The first-order chi connectivity index (χ1) is 8.20. The summed E-state index contributed by atoms with van der Waals surface area (Å²) < 4.78 is 0. The molecule has 0 rings (SSSR count). The second-order valence-electron chi connectivity index (χ2n) is 4.58. The molecule has 0 bridgehead atoms. The van der Waals surface area contributed by atoms with Gasteiger partial charge in [0.05, 0.1) is 0 Å². The van der Waals surface area contributed by atoms with E-state index in [-0.39, 0.29) is 13.0 Å². The van der Waals surface area contributed by atoms with Crippen molar-refractivity contribution in [3.8, 4) is 0 Å². The first-order valence-corrected chi connectivity index (χ1v) is 6.74. The maximum absolute atomic E-state index is 10.3. The molecule has 1 atom stereocenters. The smallest absolute Gasteiger partial charge is 0.303 e. The Labute approximate surface area is 104 Å². The van der Waals surface area contributed by atoms with Crippen molar-refractivity contribution in [2.24, 2.45) is 5.92 Å². The van der Waals surface area contributed by atoms with Gasteiger partial charge in [-0.15, -0.1) is 0 Å². The summed E-state index contributed by atoms with van der Waals surface area (Å²) in [5.74, 6) is -0.132. The van der Waals surface area contributed by atoms with Crippen LogP contribution in [0.15, 0.2) is 0 Å². The summed E-state index contributed by atoms with van der Waals surface area (Å²) >= 11 is 0. The highest BCUT2D eigenvalue weighted by atomic mass is 16.4. The Balaban J connectivity index is 3.32. The summed E-state index contributed by atoms with van der Waals surface area (Å²) in [5.41, 5.74) is 0. The third-order valence-electron chi connectivity index (χ3n) is 2.91. The van der Waals surface area contributed by atoms with Crippen molar-refractivity contribution in [1.82, 2.24) is 5.32 Å². The SMILES string of the molecule is CCCC(CCO)CNCCCCCC(=O)O. The Morgan fingerprint density at radius 1 is 1.24 bits per heavy atom. The molecule has 4 nitrogen and oxygen atoms in total. The minimum absolute atomic E-state index is 0.269. The number of carbonyl (C=O) groups is 1. The van der Waals surface area contributed by atoms with E-state index in [0.29, 0.717) is 5.92 Å². The molecule has 0 radical (unpaired) electrons. The molecular formula is C13H27NO3. The zero-order chi connectivity index (χ0) is 12.9. The Morgan fingerprint density at radius 3 is 2.59 bits per heavy atom. The molecular weight excluding hydrogens is 218 g/mol. The number of aliphatic hydroxyl groups is 1. The molecule has 0 aromatic carbocycles. The minimum Gasteiger partial charge on any atom is -0.481 e. The standard InChI is InChI=1S/C13H27NO3/c1-2-6-12(8-10-15)11-14-9-5-3-4-7-13(16)17/h12,14-15H,2-11H2,1H3,(H,16,17). The van der Waals surface area contributed by atoms with Gasteiger partial charge in [-0.05, 0) is 44.7 Å². The maximum Gasteiger partial charge on any atom is 0.303 e. The van der Waals surface area contributed by atoms with Gasteiger partial charge in [0.25, 0.3) is 0 Å². The Hall–Kier alpha value is -0.610. The number of rotatable bonds is 12. The average molecular weight is 245 g/mol. The summed E-state index contributed by atoms with van der Waals surface area (Å²) in [4.78, 5) is 10.3. The normalized spacial score (nSPS) is 12.6. The molecule has 0 saturated carbocycles. The molecule has 0 fully saturated rings. The second kappa shape index (κ2) is 11.9. The van der Waals surface area contributed by atoms with Crippen LogP contribution >= 0.6 is 0 Å². The molecule has 0 aromatic rings. The average Bonchev–Trinajstić information content (AvgIpc) is 2.28. The van der Waals surface area contributed by atoms with E-state index in [1.807, 2.05) is 0 Å². The van der Waals surface area contributed by atoms with E-state index in [4.69, 9.17) is 10.2 Å². The molecule has 0 aliphatic carbocycles. The van der Waals surface area contributed by atoms with Gasteiger partial charge in [-0.25, -0.2) is 0 Å². The molecule has 4 heteroatoms. The van der Waals surface area contributed by atoms with Crippen LogP contribution in [-0.4, -0.2) is 35.9 Å².